The minimum absolute atomic E-state index is 0.262. The lowest BCUT2D eigenvalue weighted by molar-refractivity contribution is 0.102. The van der Waals surface area contributed by atoms with Crippen LogP contribution >= 0.6 is 0 Å². The highest BCUT2D eigenvalue weighted by atomic mass is 16.6. The molecule has 0 aliphatic heterocycles. The number of anilines is 1. The lowest BCUT2D eigenvalue weighted by Crippen LogP contribution is -2.13. The van der Waals surface area contributed by atoms with Crippen molar-refractivity contribution in [2.45, 2.75) is 20.8 Å². The summed E-state index contributed by atoms with van der Waals surface area (Å²) in [5, 5.41) is 10.5. The van der Waals surface area contributed by atoms with E-state index in [1.807, 2.05) is 25.1 Å². The summed E-state index contributed by atoms with van der Waals surface area (Å²) in [6.45, 7) is 6.71. The van der Waals surface area contributed by atoms with E-state index in [1.54, 1.807) is 31.4 Å². The first kappa shape index (κ1) is 19.4. The molecule has 146 valence electrons. The number of methoxy groups -OCH3 is 1. The zero-order valence-corrected chi connectivity index (χ0v) is 16.4. The molecular formula is C21H23N3O4. The molecule has 0 aliphatic carbocycles. The van der Waals surface area contributed by atoms with Crippen LogP contribution in [0.2, 0.25) is 0 Å². The van der Waals surface area contributed by atoms with Gasteiger partial charge in [0.1, 0.15) is 11.5 Å². The first-order valence-corrected chi connectivity index (χ1v) is 8.99. The largest absolute Gasteiger partial charge is 0.497 e. The van der Waals surface area contributed by atoms with Crippen molar-refractivity contribution >= 4 is 11.7 Å². The number of carbonyl (C=O) groups is 1. The molecule has 0 saturated carbocycles. The third-order valence-corrected chi connectivity index (χ3v) is 4.11. The standard InChI is InChI=1S/C21H23N3O4/c1-13(2)12-27-16-7-5-15(6-8-16)21(25)22-20-19(23-28-24-20)18-10-9-17(26-4)11-14(18)3/h5-11,13H,12H2,1-4H3,(H,22,24,25). The Hall–Kier alpha value is -3.35. The Kier molecular flexibility index (Phi) is 5.93. The monoisotopic (exact) mass is 381 g/mol. The number of nitrogens with one attached hydrogen (secondary N) is 1. The Balaban J connectivity index is 1.74. The van der Waals surface area contributed by atoms with Crippen molar-refractivity contribution in [3.8, 4) is 22.8 Å². The Morgan fingerprint density at radius 1 is 1.11 bits per heavy atom. The fourth-order valence-electron chi connectivity index (χ4n) is 2.62. The average molecular weight is 381 g/mol. The van der Waals surface area contributed by atoms with Gasteiger partial charge in [0.05, 0.1) is 13.7 Å². The molecule has 3 rings (SSSR count). The van der Waals surface area contributed by atoms with Crippen LogP contribution in [0.4, 0.5) is 5.82 Å². The molecule has 7 heteroatoms. The summed E-state index contributed by atoms with van der Waals surface area (Å²) in [5.74, 6) is 1.85. The number of amides is 1. The minimum atomic E-state index is -0.307. The van der Waals surface area contributed by atoms with Gasteiger partial charge in [-0.05, 0) is 71.2 Å². The first-order chi connectivity index (χ1) is 13.5. The number of benzene rings is 2. The maximum atomic E-state index is 12.6. The van der Waals surface area contributed by atoms with Gasteiger partial charge in [0.2, 0.25) is 5.82 Å². The zero-order chi connectivity index (χ0) is 20.1. The minimum Gasteiger partial charge on any atom is -0.497 e. The van der Waals surface area contributed by atoms with Crippen LogP contribution in [0.5, 0.6) is 11.5 Å². The number of ether oxygens (including phenoxy) is 2. The van der Waals surface area contributed by atoms with E-state index in [-0.39, 0.29) is 11.7 Å². The molecule has 3 aromatic rings. The Labute approximate surface area is 163 Å². The summed E-state index contributed by atoms with van der Waals surface area (Å²) in [7, 11) is 1.61. The quantitative estimate of drug-likeness (QED) is 0.655. The van der Waals surface area contributed by atoms with Crippen molar-refractivity contribution in [2.75, 3.05) is 19.0 Å². The lowest BCUT2D eigenvalue weighted by atomic mass is 10.1. The molecule has 7 nitrogen and oxygen atoms in total. The van der Waals surface area contributed by atoms with Gasteiger partial charge >= 0.3 is 0 Å². The number of aryl methyl sites for hydroxylation is 1. The Morgan fingerprint density at radius 2 is 1.82 bits per heavy atom. The van der Waals surface area contributed by atoms with Crippen LogP contribution < -0.4 is 14.8 Å². The van der Waals surface area contributed by atoms with E-state index < -0.39 is 0 Å². The second-order valence-electron chi connectivity index (χ2n) is 6.83. The second kappa shape index (κ2) is 8.56. The molecule has 1 amide bonds. The summed E-state index contributed by atoms with van der Waals surface area (Å²) in [6, 6.07) is 12.5. The Bertz CT molecular complexity index is 949. The van der Waals surface area contributed by atoms with Gasteiger partial charge in [0.25, 0.3) is 5.91 Å². The van der Waals surface area contributed by atoms with Crippen LogP contribution in [0.25, 0.3) is 11.3 Å². The van der Waals surface area contributed by atoms with E-state index >= 15 is 0 Å². The van der Waals surface area contributed by atoms with Crippen molar-refractivity contribution in [1.82, 2.24) is 10.3 Å². The van der Waals surface area contributed by atoms with Crippen LogP contribution in [0.1, 0.15) is 29.8 Å². The number of nitrogens with zero attached hydrogens (tertiary/aromatic N) is 2. The SMILES string of the molecule is COc1ccc(-c2nonc2NC(=O)c2ccc(OCC(C)C)cc2)c(C)c1. The van der Waals surface area contributed by atoms with E-state index in [4.69, 9.17) is 14.1 Å². The van der Waals surface area contributed by atoms with Crippen molar-refractivity contribution in [1.29, 1.82) is 0 Å². The molecule has 2 aromatic carbocycles. The van der Waals surface area contributed by atoms with Crippen LogP contribution in [0.3, 0.4) is 0 Å². The molecule has 0 radical (unpaired) electrons. The van der Waals surface area contributed by atoms with Gasteiger partial charge in [-0.25, -0.2) is 4.63 Å². The predicted molar refractivity (Wildman–Crippen MR) is 106 cm³/mol. The molecule has 0 unspecified atom stereocenters. The average Bonchev–Trinajstić information content (AvgIpc) is 3.14. The molecule has 0 saturated heterocycles. The maximum Gasteiger partial charge on any atom is 0.256 e. The summed E-state index contributed by atoms with van der Waals surface area (Å²) >= 11 is 0. The summed E-state index contributed by atoms with van der Waals surface area (Å²) in [4.78, 5) is 12.6. The van der Waals surface area contributed by atoms with Gasteiger partial charge in [0.15, 0.2) is 5.69 Å². The molecule has 0 aliphatic rings. The molecule has 1 aromatic heterocycles. The van der Waals surface area contributed by atoms with E-state index in [1.165, 1.54) is 0 Å². The topological polar surface area (TPSA) is 86.5 Å². The highest BCUT2D eigenvalue weighted by Gasteiger charge is 2.18. The Morgan fingerprint density at radius 3 is 2.46 bits per heavy atom. The number of hydrogen-bond donors (Lipinski definition) is 1. The molecule has 0 atom stereocenters. The van der Waals surface area contributed by atoms with Crippen LogP contribution in [-0.2, 0) is 0 Å². The van der Waals surface area contributed by atoms with E-state index in [2.05, 4.69) is 29.5 Å². The predicted octanol–water partition coefficient (Wildman–Crippen LogP) is 4.34. The summed E-state index contributed by atoms with van der Waals surface area (Å²) in [6.07, 6.45) is 0. The fraction of sp³-hybridized carbons (Fsp3) is 0.286. The van der Waals surface area contributed by atoms with Gasteiger partial charge in [-0.15, -0.1) is 0 Å². The van der Waals surface area contributed by atoms with Crippen molar-refractivity contribution < 1.29 is 18.9 Å². The number of rotatable bonds is 7. The van der Waals surface area contributed by atoms with Crippen molar-refractivity contribution in [3.05, 3.63) is 53.6 Å². The van der Waals surface area contributed by atoms with Crippen LogP contribution in [0.15, 0.2) is 47.1 Å². The number of hydrogen-bond acceptors (Lipinski definition) is 6. The molecular weight excluding hydrogens is 358 g/mol. The molecule has 1 N–H and O–H groups in total. The highest BCUT2D eigenvalue weighted by Crippen LogP contribution is 2.30. The molecule has 0 fully saturated rings. The van der Waals surface area contributed by atoms with Gasteiger partial charge in [-0.3, -0.25) is 4.79 Å². The fourth-order valence-corrected chi connectivity index (χ4v) is 2.62. The second-order valence-corrected chi connectivity index (χ2v) is 6.83. The normalized spacial score (nSPS) is 10.8. The van der Waals surface area contributed by atoms with Gasteiger partial charge in [-0.1, -0.05) is 13.8 Å². The van der Waals surface area contributed by atoms with Crippen LogP contribution in [-0.4, -0.2) is 29.9 Å². The first-order valence-electron chi connectivity index (χ1n) is 8.99. The van der Waals surface area contributed by atoms with Crippen LogP contribution in [0, 0.1) is 12.8 Å². The smallest absolute Gasteiger partial charge is 0.256 e. The molecule has 1 heterocycles. The molecule has 28 heavy (non-hydrogen) atoms. The zero-order valence-electron chi connectivity index (χ0n) is 16.4. The van der Waals surface area contributed by atoms with Gasteiger partial charge in [0, 0.05) is 11.1 Å². The van der Waals surface area contributed by atoms with E-state index in [9.17, 15) is 4.79 Å². The summed E-state index contributed by atoms with van der Waals surface area (Å²) in [5.41, 5.74) is 2.68. The lowest BCUT2D eigenvalue weighted by Gasteiger charge is -2.09. The van der Waals surface area contributed by atoms with Crippen molar-refractivity contribution in [3.63, 3.8) is 0 Å². The maximum absolute atomic E-state index is 12.6. The number of aromatic nitrogens is 2. The third-order valence-electron chi connectivity index (χ3n) is 4.11. The van der Waals surface area contributed by atoms with Gasteiger partial charge in [-0.2, -0.15) is 0 Å². The highest BCUT2D eigenvalue weighted by molar-refractivity contribution is 6.05. The van der Waals surface area contributed by atoms with E-state index in [0.717, 1.165) is 22.6 Å². The number of carbonyl (C=O) groups excluding carboxylic acids is 1. The summed E-state index contributed by atoms with van der Waals surface area (Å²) < 4.78 is 15.7. The van der Waals surface area contributed by atoms with Crippen molar-refractivity contribution in [2.24, 2.45) is 5.92 Å². The van der Waals surface area contributed by atoms with Gasteiger partial charge < -0.3 is 14.8 Å². The third kappa shape index (κ3) is 4.49. The molecule has 0 bridgehead atoms. The van der Waals surface area contributed by atoms with E-state index in [0.29, 0.717) is 23.8 Å². The molecule has 0 spiro atoms.